The largest absolute Gasteiger partial charge is 0.454 e. The van der Waals surface area contributed by atoms with Gasteiger partial charge in [-0.2, -0.15) is 0 Å². The normalized spacial score (nSPS) is 13.1. The van der Waals surface area contributed by atoms with Gasteiger partial charge in [-0.3, -0.25) is 0 Å². The minimum Gasteiger partial charge on any atom is -0.454 e. The Morgan fingerprint density at radius 2 is 0.753 bits per heavy atom. The first-order valence-electron chi connectivity index (χ1n) is 25.7. The Morgan fingerprint density at radius 3 is 1.18 bits per heavy atom. The number of fused-ring (bicyclic) bond motifs is 12. The summed E-state index contributed by atoms with van der Waals surface area (Å²) in [5.74, 6) is 0.823. The third kappa shape index (κ3) is 6.21. The summed E-state index contributed by atoms with van der Waals surface area (Å²) in [5, 5.41) is 9.16. The molecule has 2 aliphatic heterocycles. The summed E-state index contributed by atoms with van der Waals surface area (Å²) in [6, 6.07) is 78.8. The molecular formula is C68H49BN2O2. The number of furan rings is 2. The van der Waals surface area contributed by atoms with E-state index in [0.717, 1.165) is 100 Å². The molecule has 0 unspecified atom stereocenters. The zero-order chi connectivity index (χ0) is 48.6. The molecule has 0 amide bonds. The lowest BCUT2D eigenvalue weighted by Crippen LogP contribution is -2.61. The van der Waals surface area contributed by atoms with E-state index in [9.17, 15) is 0 Å². The molecule has 0 radical (unpaired) electrons. The first-order valence-corrected chi connectivity index (χ1v) is 25.7. The molecular weight excluding hydrogens is 888 g/mol. The average molecular weight is 937 g/mol. The number of benzene rings is 11. The van der Waals surface area contributed by atoms with Crippen molar-refractivity contribution < 1.29 is 8.83 Å². The SMILES string of the molecule is CC(C)c1ccc(-c2ccc3c(oc4ccccc43)c2N2c3cc4ccccc4cc3B3c4cc5ccccc5cc4N(c4c(-c5ccc(C(C)C)cc5)ccc5c4oc4ccccc45)c4cccc2c43)cc1. The molecule has 11 aromatic carbocycles. The van der Waals surface area contributed by atoms with Crippen LogP contribution in [0.15, 0.2) is 221 Å². The van der Waals surface area contributed by atoms with Crippen LogP contribution in [0.5, 0.6) is 0 Å². The van der Waals surface area contributed by atoms with Gasteiger partial charge in [0.15, 0.2) is 11.2 Å². The molecule has 0 N–H and O–H groups in total. The molecule has 5 heteroatoms. The van der Waals surface area contributed by atoms with Gasteiger partial charge in [-0.15, -0.1) is 0 Å². The molecule has 15 rings (SSSR count). The Bertz CT molecular complexity index is 4130. The highest BCUT2D eigenvalue weighted by atomic mass is 16.3. The van der Waals surface area contributed by atoms with Gasteiger partial charge in [-0.1, -0.05) is 191 Å². The van der Waals surface area contributed by atoms with E-state index in [1.165, 1.54) is 49.1 Å². The average Bonchev–Trinajstić information content (AvgIpc) is 4.05. The van der Waals surface area contributed by atoms with Crippen molar-refractivity contribution >= 4 is 123 Å². The molecule has 0 aliphatic carbocycles. The number of hydrogen-bond acceptors (Lipinski definition) is 4. The molecule has 0 saturated heterocycles. The van der Waals surface area contributed by atoms with Crippen molar-refractivity contribution in [3.8, 4) is 22.3 Å². The first-order chi connectivity index (χ1) is 35.9. The van der Waals surface area contributed by atoms with Crippen molar-refractivity contribution in [2.75, 3.05) is 9.80 Å². The lowest BCUT2D eigenvalue weighted by molar-refractivity contribution is 0.669. The number of para-hydroxylation sites is 2. The number of nitrogens with zero attached hydrogens (tertiary/aromatic N) is 2. The lowest BCUT2D eigenvalue weighted by Gasteiger charge is -2.44. The van der Waals surface area contributed by atoms with E-state index in [4.69, 9.17) is 8.83 Å². The van der Waals surface area contributed by atoms with Crippen molar-refractivity contribution in [1.29, 1.82) is 0 Å². The van der Waals surface area contributed by atoms with E-state index in [-0.39, 0.29) is 6.71 Å². The van der Waals surface area contributed by atoms with E-state index in [1.54, 1.807) is 0 Å². The van der Waals surface area contributed by atoms with Crippen LogP contribution in [0.3, 0.4) is 0 Å². The Balaban J connectivity index is 1.09. The van der Waals surface area contributed by atoms with E-state index >= 15 is 0 Å². The fraction of sp³-hybridized carbons (Fsp3) is 0.0882. The molecule has 2 aromatic heterocycles. The Morgan fingerprint density at radius 1 is 0.356 bits per heavy atom. The summed E-state index contributed by atoms with van der Waals surface area (Å²) >= 11 is 0. The minimum atomic E-state index is -0.120. The summed E-state index contributed by atoms with van der Waals surface area (Å²) in [6.45, 7) is 8.92. The van der Waals surface area contributed by atoms with Crippen molar-refractivity contribution in [2.24, 2.45) is 0 Å². The summed E-state index contributed by atoms with van der Waals surface area (Å²) in [7, 11) is 0. The van der Waals surface area contributed by atoms with E-state index in [1.807, 2.05) is 0 Å². The summed E-state index contributed by atoms with van der Waals surface area (Å²) in [5.41, 5.74) is 20.8. The zero-order valence-electron chi connectivity index (χ0n) is 41.2. The predicted octanol–water partition coefficient (Wildman–Crippen LogP) is 17.5. The Hall–Kier alpha value is -8.80. The van der Waals surface area contributed by atoms with Crippen LogP contribution in [-0.2, 0) is 0 Å². The molecule has 346 valence electrons. The van der Waals surface area contributed by atoms with Gasteiger partial charge in [0.1, 0.15) is 11.2 Å². The van der Waals surface area contributed by atoms with Gasteiger partial charge in [0.25, 0.3) is 6.71 Å². The maximum absolute atomic E-state index is 7.17. The molecule has 4 nitrogen and oxygen atoms in total. The molecule has 4 heterocycles. The fourth-order valence-electron chi connectivity index (χ4n) is 12.3. The highest BCUT2D eigenvalue weighted by Crippen LogP contribution is 2.53. The molecule has 73 heavy (non-hydrogen) atoms. The van der Waals surface area contributed by atoms with Crippen molar-refractivity contribution in [2.45, 2.75) is 39.5 Å². The summed E-state index contributed by atoms with van der Waals surface area (Å²) < 4.78 is 14.3. The van der Waals surface area contributed by atoms with Crippen LogP contribution in [0.2, 0.25) is 0 Å². The van der Waals surface area contributed by atoms with Crippen LogP contribution in [0.25, 0.3) is 87.7 Å². The molecule has 0 atom stereocenters. The standard InChI is InChI=1S/C68H49BN2O2/c1-40(2)42-24-28-44(29-25-42)50-32-34-54-52-18-9-11-22-62(52)72-67(54)65(50)70-58-20-13-21-59-64(58)69(56-36-46-14-5-7-16-48(46)38-60(56)70)57-37-47-15-6-8-17-49(47)39-61(57)71(59)66-51(45-30-26-43(27-31-45)41(3)4)33-35-55-53-19-10-12-23-63(53)73-68(55)66/h5-41H,1-4H3. The highest BCUT2D eigenvalue weighted by Gasteiger charge is 2.45. The Labute approximate surface area is 424 Å². The van der Waals surface area contributed by atoms with Gasteiger partial charge < -0.3 is 18.6 Å². The van der Waals surface area contributed by atoms with Crippen LogP contribution in [-0.4, -0.2) is 6.71 Å². The van der Waals surface area contributed by atoms with Crippen LogP contribution >= 0.6 is 0 Å². The lowest BCUT2D eigenvalue weighted by atomic mass is 9.33. The number of hydrogen-bond donors (Lipinski definition) is 0. The number of rotatable bonds is 6. The zero-order valence-corrected chi connectivity index (χ0v) is 41.2. The molecule has 0 spiro atoms. The second-order valence-electron chi connectivity index (χ2n) is 20.8. The van der Waals surface area contributed by atoms with Gasteiger partial charge in [0, 0.05) is 55.4 Å². The molecule has 13 aromatic rings. The van der Waals surface area contributed by atoms with Gasteiger partial charge >= 0.3 is 0 Å². The Kier molecular flexibility index (Phi) is 9.11. The number of anilines is 6. The van der Waals surface area contributed by atoms with Gasteiger partial charge in [-0.25, -0.2) is 0 Å². The smallest absolute Gasteiger partial charge is 0.252 e. The van der Waals surface area contributed by atoms with Crippen LogP contribution in [0.1, 0.15) is 50.7 Å². The molecule has 0 saturated carbocycles. The highest BCUT2D eigenvalue weighted by molar-refractivity contribution is 7.00. The van der Waals surface area contributed by atoms with Crippen LogP contribution < -0.4 is 26.2 Å². The molecule has 2 aliphatic rings. The van der Waals surface area contributed by atoms with Crippen molar-refractivity contribution in [3.05, 3.63) is 223 Å². The summed E-state index contributed by atoms with van der Waals surface area (Å²) in [4.78, 5) is 5.09. The third-order valence-corrected chi connectivity index (χ3v) is 16.0. The fourth-order valence-corrected chi connectivity index (χ4v) is 12.3. The summed E-state index contributed by atoms with van der Waals surface area (Å²) in [6.07, 6.45) is 0. The van der Waals surface area contributed by atoms with Gasteiger partial charge in [0.05, 0.1) is 11.4 Å². The van der Waals surface area contributed by atoms with E-state index in [0.29, 0.717) is 11.8 Å². The predicted molar refractivity (Wildman–Crippen MR) is 309 cm³/mol. The van der Waals surface area contributed by atoms with Crippen LogP contribution in [0.4, 0.5) is 34.1 Å². The molecule has 0 fully saturated rings. The first kappa shape index (κ1) is 41.9. The maximum atomic E-state index is 7.17. The van der Waals surface area contributed by atoms with Crippen LogP contribution in [0, 0.1) is 0 Å². The van der Waals surface area contributed by atoms with Crippen molar-refractivity contribution in [1.82, 2.24) is 0 Å². The van der Waals surface area contributed by atoms with E-state index < -0.39 is 0 Å². The third-order valence-electron chi connectivity index (χ3n) is 16.0. The van der Waals surface area contributed by atoms with Gasteiger partial charge in [0.2, 0.25) is 0 Å². The van der Waals surface area contributed by atoms with Crippen molar-refractivity contribution in [3.63, 3.8) is 0 Å². The maximum Gasteiger partial charge on any atom is 0.252 e. The minimum absolute atomic E-state index is 0.120. The van der Waals surface area contributed by atoms with Gasteiger partial charge in [-0.05, 0) is 121 Å². The second kappa shape index (κ2) is 15.9. The topological polar surface area (TPSA) is 32.8 Å². The second-order valence-corrected chi connectivity index (χ2v) is 20.8. The quantitative estimate of drug-likeness (QED) is 0.156. The monoisotopic (exact) mass is 936 g/mol. The molecule has 0 bridgehead atoms. The van der Waals surface area contributed by atoms with E-state index in [2.05, 4.69) is 250 Å².